The molecule has 0 saturated carbocycles. The van der Waals surface area contributed by atoms with Gasteiger partial charge in [0.15, 0.2) is 5.65 Å². The second-order valence-corrected chi connectivity index (χ2v) is 7.92. The van der Waals surface area contributed by atoms with Crippen LogP contribution in [0.3, 0.4) is 0 Å². The molecule has 0 amide bonds. The highest BCUT2D eigenvalue weighted by molar-refractivity contribution is 5.86. The van der Waals surface area contributed by atoms with Gasteiger partial charge in [-0.3, -0.25) is 4.98 Å². The molecule has 7 nitrogen and oxygen atoms in total. The average molecular weight is 391 g/mol. The van der Waals surface area contributed by atoms with Gasteiger partial charge in [-0.25, -0.2) is 4.98 Å². The van der Waals surface area contributed by atoms with Crippen LogP contribution in [-0.2, 0) is 0 Å². The fraction of sp³-hybridized carbons (Fsp3) is 0.364. The van der Waals surface area contributed by atoms with E-state index in [1.54, 1.807) is 0 Å². The molecular formula is C22H25N5O2. The summed E-state index contributed by atoms with van der Waals surface area (Å²) in [6.07, 6.45) is 4.76. The van der Waals surface area contributed by atoms with Crippen molar-refractivity contribution < 1.29 is 9.84 Å². The first-order valence-electron chi connectivity index (χ1n) is 10.00. The Labute approximate surface area is 169 Å². The molecule has 2 aromatic heterocycles. The molecule has 0 spiro atoms. The Kier molecular flexibility index (Phi) is 4.29. The maximum Gasteiger partial charge on any atom is 0.226 e. The Morgan fingerprint density at radius 1 is 1.21 bits per heavy atom. The van der Waals surface area contributed by atoms with Gasteiger partial charge in [0.2, 0.25) is 6.29 Å². The molecule has 2 N–H and O–H groups in total. The highest BCUT2D eigenvalue weighted by atomic mass is 16.6. The van der Waals surface area contributed by atoms with Gasteiger partial charge in [0.25, 0.3) is 0 Å². The monoisotopic (exact) mass is 391 g/mol. The maximum absolute atomic E-state index is 10.7. The molecule has 3 aromatic rings. The number of piperazine rings is 1. The van der Waals surface area contributed by atoms with Crippen molar-refractivity contribution in [2.24, 2.45) is 0 Å². The molecule has 2 atom stereocenters. The number of aryl methyl sites for hydroxylation is 2. The highest BCUT2D eigenvalue weighted by Gasteiger charge is 2.25. The van der Waals surface area contributed by atoms with E-state index in [1.165, 1.54) is 0 Å². The number of nitrogens with one attached hydrogen (secondary N) is 1. The second-order valence-electron chi connectivity index (χ2n) is 7.92. The second kappa shape index (κ2) is 6.86. The molecule has 0 radical (unpaired) electrons. The minimum Gasteiger partial charge on any atom is -0.460 e. The lowest BCUT2D eigenvalue weighted by molar-refractivity contribution is 0.0318. The molecule has 1 saturated heterocycles. The molecule has 0 bridgehead atoms. The van der Waals surface area contributed by atoms with Gasteiger partial charge in [0.05, 0.1) is 17.1 Å². The van der Waals surface area contributed by atoms with Crippen LogP contribution in [0, 0.1) is 13.8 Å². The minimum atomic E-state index is -1.06. The smallest absolute Gasteiger partial charge is 0.226 e. The molecular weight excluding hydrogens is 366 g/mol. The van der Waals surface area contributed by atoms with E-state index < -0.39 is 6.29 Å². The van der Waals surface area contributed by atoms with Gasteiger partial charge in [0, 0.05) is 61.0 Å². The van der Waals surface area contributed by atoms with Gasteiger partial charge in [-0.15, -0.1) is 0 Å². The number of hydrogen-bond donors (Lipinski definition) is 2. The summed E-state index contributed by atoms with van der Waals surface area (Å²) in [6, 6.07) is 6.64. The average Bonchev–Trinajstić information content (AvgIpc) is 3.11. The van der Waals surface area contributed by atoms with Crippen LogP contribution in [0.15, 0.2) is 30.6 Å². The number of aliphatic hydroxyl groups is 1. The number of hydrogen-bond acceptors (Lipinski definition) is 6. The number of anilines is 1. The number of nitrogens with zero attached hydrogens (tertiary/aromatic N) is 4. The Hall–Kier alpha value is -2.90. The molecule has 29 heavy (non-hydrogen) atoms. The first-order valence-corrected chi connectivity index (χ1v) is 10.00. The van der Waals surface area contributed by atoms with Crippen LogP contribution in [0.1, 0.15) is 29.6 Å². The third-order valence-electron chi connectivity index (χ3n) is 5.57. The zero-order valence-corrected chi connectivity index (χ0v) is 16.9. The van der Waals surface area contributed by atoms with Crippen LogP contribution in [0.2, 0.25) is 0 Å². The molecule has 1 aromatic carbocycles. The Bertz CT molecular complexity index is 1120. The standard InChI is InChI=1S/C22H25N5O2/c1-13-10-26(7-6-23-13)17-5-4-16-8-18(22(28)29-20(16)9-17)19-12-27-11-14(2)24-15(3)21(27)25-19/h4-5,8-9,11-13,22-23,28H,6-7,10H2,1-3H3. The van der Waals surface area contributed by atoms with Gasteiger partial charge >= 0.3 is 0 Å². The summed E-state index contributed by atoms with van der Waals surface area (Å²) in [6.45, 7) is 8.96. The van der Waals surface area contributed by atoms with Crippen molar-refractivity contribution in [3.05, 3.63) is 53.2 Å². The van der Waals surface area contributed by atoms with Crippen LogP contribution in [0.25, 0.3) is 17.3 Å². The number of rotatable bonds is 2. The molecule has 7 heteroatoms. The van der Waals surface area contributed by atoms with Gasteiger partial charge in [0.1, 0.15) is 5.75 Å². The zero-order valence-electron chi connectivity index (χ0n) is 16.9. The van der Waals surface area contributed by atoms with Crippen LogP contribution in [0.4, 0.5) is 5.69 Å². The summed E-state index contributed by atoms with van der Waals surface area (Å²) in [7, 11) is 0. The summed E-state index contributed by atoms with van der Waals surface area (Å²) in [5.74, 6) is 0.697. The summed E-state index contributed by atoms with van der Waals surface area (Å²) >= 11 is 0. The van der Waals surface area contributed by atoms with E-state index in [-0.39, 0.29) is 0 Å². The molecule has 2 aliphatic heterocycles. The molecule has 5 rings (SSSR count). The predicted molar refractivity (Wildman–Crippen MR) is 113 cm³/mol. The first-order chi connectivity index (χ1) is 14.0. The van der Waals surface area contributed by atoms with Crippen molar-refractivity contribution in [1.29, 1.82) is 0 Å². The van der Waals surface area contributed by atoms with Gasteiger partial charge in [-0.1, -0.05) is 0 Å². The Balaban J connectivity index is 1.50. The van der Waals surface area contributed by atoms with Gasteiger partial charge in [-0.2, -0.15) is 0 Å². The summed E-state index contributed by atoms with van der Waals surface area (Å²) in [5, 5.41) is 14.1. The van der Waals surface area contributed by atoms with E-state index >= 15 is 0 Å². The SMILES string of the molecule is Cc1cn2cc(C3=Cc4ccc(N5CCNC(C)C5)cc4OC3O)nc2c(C)n1. The topological polar surface area (TPSA) is 74.9 Å². The van der Waals surface area contributed by atoms with Crippen LogP contribution >= 0.6 is 0 Å². The number of ether oxygens (including phenoxy) is 1. The number of aliphatic hydroxyl groups excluding tert-OH is 1. The van der Waals surface area contributed by atoms with E-state index in [0.29, 0.717) is 23.1 Å². The van der Waals surface area contributed by atoms with Crippen molar-refractivity contribution >= 4 is 23.0 Å². The summed E-state index contributed by atoms with van der Waals surface area (Å²) in [4.78, 5) is 11.5. The summed E-state index contributed by atoms with van der Waals surface area (Å²) in [5.41, 5.74) is 5.98. The highest BCUT2D eigenvalue weighted by Crippen LogP contribution is 2.36. The van der Waals surface area contributed by atoms with Crippen molar-refractivity contribution in [2.75, 3.05) is 24.5 Å². The number of imidazole rings is 1. The molecule has 1 fully saturated rings. The fourth-order valence-corrected chi connectivity index (χ4v) is 4.17. The molecule has 2 unspecified atom stereocenters. The number of fused-ring (bicyclic) bond motifs is 2. The minimum absolute atomic E-state index is 0.453. The van der Waals surface area contributed by atoms with E-state index in [2.05, 4.69) is 39.2 Å². The Morgan fingerprint density at radius 3 is 2.90 bits per heavy atom. The lowest BCUT2D eigenvalue weighted by Gasteiger charge is -2.34. The van der Waals surface area contributed by atoms with Crippen molar-refractivity contribution in [3.8, 4) is 5.75 Å². The molecule has 4 heterocycles. The third-order valence-corrected chi connectivity index (χ3v) is 5.57. The third kappa shape index (κ3) is 3.26. The lowest BCUT2D eigenvalue weighted by atomic mass is 10.0. The van der Waals surface area contributed by atoms with E-state index in [0.717, 1.165) is 47.9 Å². The van der Waals surface area contributed by atoms with Crippen LogP contribution in [-0.4, -0.2) is 51.4 Å². The predicted octanol–water partition coefficient (Wildman–Crippen LogP) is 2.40. The quantitative estimate of drug-likeness (QED) is 0.699. The van der Waals surface area contributed by atoms with Gasteiger partial charge < -0.3 is 24.5 Å². The van der Waals surface area contributed by atoms with Crippen LogP contribution < -0.4 is 15.0 Å². The van der Waals surface area contributed by atoms with Crippen LogP contribution in [0.5, 0.6) is 5.75 Å². The fourth-order valence-electron chi connectivity index (χ4n) is 4.17. The van der Waals surface area contributed by atoms with Gasteiger partial charge in [-0.05, 0) is 39.0 Å². The number of benzene rings is 1. The molecule has 150 valence electrons. The summed E-state index contributed by atoms with van der Waals surface area (Å²) < 4.78 is 7.84. The van der Waals surface area contributed by atoms with E-state index in [1.807, 2.05) is 42.8 Å². The number of aromatic nitrogens is 3. The zero-order chi connectivity index (χ0) is 20.1. The molecule has 0 aliphatic carbocycles. The largest absolute Gasteiger partial charge is 0.460 e. The van der Waals surface area contributed by atoms with Crippen molar-refractivity contribution in [3.63, 3.8) is 0 Å². The molecule has 2 aliphatic rings. The van der Waals surface area contributed by atoms with Crippen molar-refractivity contribution in [1.82, 2.24) is 19.7 Å². The van der Waals surface area contributed by atoms with Crippen molar-refractivity contribution in [2.45, 2.75) is 33.1 Å². The Morgan fingerprint density at radius 2 is 2.07 bits per heavy atom. The normalized spacial score (nSPS) is 21.7. The van der Waals surface area contributed by atoms with E-state index in [4.69, 9.17) is 4.74 Å². The van der Waals surface area contributed by atoms with E-state index in [9.17, 15) is 5.11 Å². The first kappa shape index (κ1) is 18.1. The lowest BCUT2D eigenvalue weighted by Crippen LogP contribution is -2.49. The maximum atomic E-state index is 10.7.